The van der Waals surface area contributed by atoms with Crippen molar-refractivity contribution in [2.24, 2.45) is 7.05 Å². The van der Waals surface area contributed by atoms with E-state index in [4.69, 9.17) is 0 Å². The molecular formula is C9H9BrN2. The second kappa shape index (κ2) is 2.59. The Morgan fingerprint density at radius 2 is 2.17 bits per heavy atom. The van der Waals surface area contributed by atoms with Crippen molar-refractivity contribution in [2.45, 2.75) is 6.92 Å². The average molecular weight is 225 g/mol. The number of nitrogens with zero attached hydrogens (tertiary/aromatic N) is 2. The van der Waals surface area contributed by atoms with Gasteiger partial charge in [0.2, 0.25) is 0 Å². The van der Waals surface area contributed by atoms with Crippen LogP contribution in [0, 0.1) is 6.92 Å². The molecule has 3 heteroatoms. The maximum absolute atomic E-state index is 4.29. The van der Waals surface area contributed by atoms with Gasteiger partial charge in [0.1, 0.15) is 0 Å². The molecule has 0 aliphatic rings. The third-order valence-electron chi connectivity index (χ3n) is 2.10. The zero-order valence-electron chi connectivity index (χ0n) is 7.00. The van der Waals surface area contributed by atoms with Crippen LogP contribution in [0.2, 0.25) is 0 Å². The van der Waals surface area contributed by atoms with Crippen molar-refractivity contribution in [2.75, 3.05) is 0 Å². The molecule has 2 aromatic rings. The quantitative estimate of drug-likeness (QED) is 0.673. The molecule has 12 heavy (non-hydrogen) atoms. The summed E-state index contributed by atoms with van der Waals surface area (Å²) < 4.78 is 3.16. The molecule has 0 atom stereocenters. The minimum Gasteiger partial charge on any atom is -0.347 e. The Bertz CT molecular complexity index is 431. The van der Waals surface area contributed by atoms with Crippen molar-refractivity contribution < 1.29 is 0 Å². The molecule has 2 aromatic heterocycles. The van der Waals surface area contributed by atoms with Gasteiger partial charge < -0.3 is 4.57 Å². The standard InChI is InChI=1S/C9H9BrN2/c1-6-3-8-9(12(6)2)4-7(10)5-11-8/h3-5H,1-2H3. The number of rotatable bonds is 0. The van der Waals surface area contributed by atoms with Gasteiger partial charge in [-0.1, -0.05) is 0 Å². The summed E-state index contributed by atoms with van der Waals surface area (Å²) in [7, 11) is 2.05. The molecule has 0 aliphatic carbocycles. The molecule has 0 saturated carbocycles. The topological polar surface area (TPSA) is 17.8 Å². The fraction of sp³-hybridized carbons (Fsp3) is 0.222. The molecule has 2 heterocycles. The number of fused-ring (bicyclic) bond motifs is 1. The van der Waals surface area contributed by atoms with Gasteiger partial charge in [-0.2, -0.15) is 0 Å². The van der Waals surface area contributed by atoms with E-state index < -0.39 is 0 Å². The van der Waals surface area contributed by atoms with Crippen molar-refractivity contribution in [1.82, 2.24) is 9.55 Å². The lowest BCUT2D eigenvalue weighted by Gasteiger charge is -1.97. The molecule has 0 bridgehead atoms. The summed E-state index contributed by atoms with van der Waals surface area (Å²) in [5, 5.41) is 0. The lowest BCUT2D eigenvalue weighted by molar-refractivity contribution is 0.917. The Hall–Kier alpha value is -0.830. The summed E-state index contributed by atoms with van der Waals surface area (Å²) in [5.41, 5.74) is 3.45. The summed E-state index contributed by atoms with van der Waals surface area (Å²) in [6.45, 7) is 2.08. The van der Waals surface area contributed by atoms with Gasteiger partial charge in [-0.05, 0) is 35.0 Å². The first-order valence-corrected chi connectivity index (χ1v) is 4.55. The fourth-order valence-corrected chi connectivity index (χ4v) is 1.62. The van der Waals surface area contributed by atoms with E-state index in [1.807, 2.05) is 13.2 Å². The van der Waals surface area contributed by atoms with Gasteiger partial charge in [-0.25, -0.2) is 0 Å². The Morgan fingerprint density at radius 3 is 2.92 bits per heavy atom. The Labute approximate surface area is 79.3 Å². The molecule has 0 saturated heterocycles. The van der Waals surface area contributed by atoms with Crippen molar-refractivity contribution in [3.63, 3.8) is 0 Å². The fourth-order valence-electron chi connectivity index (χ4n) is 1.30. The molecule has 2 nitrogen and oxygen atoms in total. The molecular weight excluding hydrogens is 216 g/mol. The SMILES string of the molecule is Cc1cc2ncc(Br)cc2n1C. The van der Waals surface area contributed by atoms with Crippen LogP contribution in [0.25, 0.3) is 11.0 Å². The molecule has 0 unspecified atom stereocenters. The molecule has 0 amide bonds. The van der Waals surface area contributed by atoms with E-state index in [1.165, 1.54) is 11.2 Å². The highest BCUT2D eigenvalue weighted by Gasteiger charge is 2.02. The van der Waals surface area contributed by atoms with Crippen LogP contribution in [0.1, 0.15) is 5.69 Å². The first-order chi connectivity index (χ1) is 5.68. The molecule has 0 aromatic carbocycles. The average Bonchev–Trinajstić information content (AvgIpc) is 2.31. The predicted octanol–water partition coefficient (Wildman–Crippen LogP) is 2.64. The first-order valence-electron chi connectivity index (χ1n) is 3.76. The van der Waals surface area contributed by atoms with Gasteiger partial charge in [-0.15, -0.1) is 0 Å². The number of hydrogen-bond donors (Lipinski definition) is 0. The maximum Gasteiger partial charge on any atom is 0.0884 e. The van der Waals surface area contributed by atoms with Crippen LogP contribution in [0.15, 0.2) is 22.8 Å². The first kappa shape index (κ1) is 7.80. The Balaban J connectivity index is 2.88. The van der Waals surface area contributed by atoms with E-state index in [1.54, 1.807) is 0 Å². The minimum atomic E-state index is 1.02. The van der Waals surface area contributed by atoms with E-state index in [9.17, 15) is 0 Å². The van der Waals surface area contributed by atoms with Crippen LogP contribution in [-0.4, -0.2) is 9.55 Å². The van der Waals surface area contributed by atoms with Crippen molar-refractivity contribution in [3.8, 4) is 0 Å². The Kier molecular flexibility index (Phi) is 1.68. The monoisotopic (exact) mass is 224 g/mol. The van der Waals surface area contributed by atoms with Crippen LogP contribution < -0.4 is 0 Å². The van der Waals surface area contributed by atoms with E-state index in [-0.39, 0.29) is 0 Å². The highest BCUT2D eigenvalue weighted by Crippen LogP contribution is 2.19. The maximum atomic E-state index is 4.29. The van der Waals surface area contributed by atoms with Crippen LogP contribution in [0.5, 0.6) is 0 Å². The minimum absolute atomic E-state index is 1.02. The summed E-state index contributed by atoms with van der Waals surface area (Å²) in [4.78, 5) is 4.29. The smallest absolute Gasteiger partial charge is 0.0884 e. The van der Waals surface area contributed by atoms with E-state index >= 15 is 0 Å². The largest absolute Gasteiger partial charge is 0.347 e. The van der Waals surface area contributed by atoms with E-state index in [0.29, 0.717) is 0 Å². The normalized spacial score (nSPS) is 10.9. The third kappa shape index (κ3) is 1.05. The molecule has 0 spiro atoms. The zero-order chi connectivity index (χ0) is 8.72. The molecule has 62 valence electrons. The van der Waals surface area contributed by atoms with Crippen molar-refractivity contribution in [1.29, 1.82) is 0 Å². The molecule has 0 fully saturated rings. The summed E-state index contributed by atoms with van der Waals surface area (Å²) in [5.74, 6) is 0. The van der Waals surface area contributed by atoms with E-state index in [0.717, 1.165) is 9.99 Å². The van der Waals surface area contributed by atoms with Crippen molar-refractivity contribution >= 4 is 27.0 Å². The zero-order valence-corrected chi connectivity index (χ0v) is 8.59. The second-order valence-corrected chi connectivity index (χ2v) is 3.82. The predicted molar refractivity (Wildman–Crippen MR) is 53.2 cm³/mol. The van der Waals surface area contributed by atoms with Crippen LogP contribution in [-0.2, 0) is 7.05 Å². The lowest BCUT2D eigenvalue weighted by Crippen LogP contribution is -1.89. The molecule has 0 aliphatic heterocycles. The molecule has 0 N–H and O–H groups in total. The highest BCUT2D eigenvalue weighted by molar-refractivity contribution is 9.10. The van der Waals surface area contributed by atoms with Crippen LogP contribution in [0.4, 0.5) is 0 Å². The van der Waals surface area contributed by atoms with Gasteiger partial charge in [0.15, 0.2) is 0 Å². The van der Waals surface area contributed by atoms with Crippen LogP contribution >= 0.6 is 15.9 Å². The number of pyridine rings is 1. The number of halogens is 1. The summed E-state index contributed by atoms with van der Waals surface area (Å²) in [6, 6.07) is 4.16. The van der Waals surface area contributed by atoms with Gasteiger partial charge >= 0.3 is 0 Å². The number of aryl methyl sites for hydroxylation is 2. The Morgan fingerprint density at radius 1 is 1.42 bits per heavy atom. The summed E-state index contributed by atoms with van der Waals surface area (Å²) >= 11 is 3.40. The van der Waals surface area contributed by atoms with Crippen molar-refractivity contribution in [3.05, 3.63) is 28.5 Å². The van der Waals surface area contributed by atoms with E-state index in [2.05, 4.69) is 44.5 Å². The van der Waals surface area contributed by atoms with Gasteiger partial charge in [0, 0.05) is 23.4 Å². The number of hydrogen-bond acceptors (Lipinski definition) is 1. The third-order valence-corrected chi connectivity index (χ3v) is 2.53. The molecule has 0 radical (unpaired) electrons. The van der Waals surface area contributed by atoms with Gasteiger partial charge in [0.25, 0.3) is 0 Å². The van der Waals surface area contributed by atoms with Crippen LogP contribution in [0.3, 0.4) is 0 Å². The summed E-state index contributed by atoms with van der Waals surface area (Å²) in [6.07, 6.45) is 1.82. The number of aromatic nitrogens is 2. The molecule has 2 rings (SSSR count). The van der Waals surface area contributed by atoms with Gasteiger partial charge in [-0.3, -0.25) is 4.98 Å². The lowest BCUT2D eigenvalue weighted by atomic mass is 10.4. The second-order valence-electron chi connectivity index (χ2n) is 2.90. The van der Waals surface area contributed by atoms with Gasteiger partial charge in [0.05, 0.1) is 11.0 Å². The highest BCUT2D eigenvalue weighted by atomic mass is 79.9.